The molecule has 0 aliphatic carbocycles. The van der Waals surface area contributed by atoms with E-state index in [0.717, 1.165) is 12.8 Å². The van der Waals surface area contributed by atoms with Crippen molar-refractivity contribution in [3.63, 3.8) is 0 Å². The first kappa shape index (κ1) is 13.5. The molecule has 0 atom stereocenters. The number of rotatable bonds is 6. The van der Waals surface area contributed by atoms with Crippen LogP contribution in [-0.4, -0.2) is 5.97 Å². The van der Waals surface area contributed by atoms with Crippen molar-refractivity contribution in [1.82, 2.24) is 0 Å². The van der Waals surface area contributed by atoms with Gasteiger partial charge in [-0.15, -0.1) is 0 Å². The van der Waals surface area contributed by atoms with Crippen molar-refractivity contribution in [2.45, 2.75) is 38.5 Å². The number of esters is 1. The van der Waals surface area contributed by atoms with Gasteiger partial charge in [0.05, 0.1) is 6.26 Å². The smallest absolute Gasteiger partial charge is 0.310 e. The summed E-state index contributed by atoms with van der Waals surface area (Å²) in [5.41, 5.74) is 1.40. The fourth-order valence-electron chi connectivity index (χ4n) is 1.86. The van der Waals surface area contributed by atoms with Crippen LogP contribution in [0.25, 0.3) is 0 Å². The number of hydrogen-bond donors (Lipinski definition) is 0. The summed E-state index contributed by atoms with van der Waals surface area (Å²) in [5.74, 6) is -0.205. The molecule has 2 heteroatoms. The van der Waals surface area contributed by atoms with E-state index in [0.29, 0.717) is 6.42 Å². The number of benzene rings is 1. The fraction of sp³-hybridized carbons (Fsp3) is 0.400. The minimum atomic E-state index is -0.205. The van der Waals surface area contributed by atoms with E-state index in [1.165, 1.54) is 11.8 Å². The molecule has 92 valence electrons. The molecule has 0 aliphatic rings. The van der Waals surface area contributed by atoms with Crippen LogP contribution in [0.4, 0.5) is 0 Å². The van der Waals surface area contributed by atoms with E-state index in [1.807, 2.05) is 18.2 Å². The number of carbonyl (C=O) groups excluding carboxylic acids is 1. The highest BCUT2D eigenvalue weighted by molar-refractivity contribution is 5.69. The van der Waals surface area contributed by atoms with Crippen LogP contribution >= 0.6 is 0 Å². The summed E-state index contributed by atoms with van der Waals surface area (Å²) in [6.07, 6.45) is 3.42. The van der Waals surface area contributed by atoms with Crippen LogP contribution in [0.15, 0.2) is 43.2 Å². The van der Waals surface area contributed by atoms with Crippen LogP contribution in [0.1, 0.15) is 38.7 Å². The molecule has 17 heavy (non-hydrogen) atoms. The van der Waals surface area contributed by atoms with Gasteiger partial charge < -0.3 is 4.74 Å². The normalized spacial score (nSPS) is 10.9. The molecule has 0 fully saturated rings. The Morgan fingerprint density at radius 3 is 2.59 bits per heavy atom. The van der Waals surface area contributed by atoms with E-state index >= 15 is 0 Å². The largest absolute Gasteiger partial charge is 0.435 e. The zero-order valence-electron chi connectivity index (χ0n) is 10.6. The van der Waals surface area contributed by atoms with Crippen LogP contribution in [0, 0.1) is 0 Å². The molecule has 0 saturated carbocycles. The second-order valence-corrected chi connectivity index (χ2v) is 4.76. The number of carbonyl (C=O) groups is 1. The zero-order valence-corrected chi connectivity index (χ0v) is 10.6. The first-order valence-corrected chi connectivity index (χ1v) is 5.92. The van der Waals surface area contributed by atoms with Crippen molar-refractivity contribution in [2.24, 2.45) is 0 Å². The Kier molecular flexibility index (Phi) is 4.95. The number of hydrogen-bond acceptors (Lipinski definition) is 2. The molecule has 0 radical (unpaired) electrons. The lowest BCUT2D eigenvalue weighted by Gasteiger charge is -2.25. The molecule has 0 heterocycles. The minimum Gasteiger partial charge on any atom is -0.435 e. The molecule has 0 unspecified atom stereocenters. The van der Waals surface area contributed by atoms with Crippen molar-refractivity contribution in [1.29, 1.82) is 0 Å². The second-order valence-electron chi connectivity index (χ2n) is 4.76. The van der Waals surface area contributed by atoms with Crippen LogP contribution in [-0.2, 0) is 14.9 Å². The molecular weight excluding hydrogens is 212 g/mol. The zero-order chi connectivity index (χ0) is 12.7. The standard InChI is InChI=1S/C15H20O2/c1-4-17-14(16)11-8-12-15(2,3)13-9-6-5-7-10-13/h4-7,9-10H,1,8,11-12H2,2-3H3. The third-order valence-corrected chi connectivity index (χ3v) is 2.95. The Hall–Kier alpha value is -1.57. The maximum absolute atomic E-state index is 11.2. The monoisotopic (exact) mass is 232 g/mol. The fourth-order valence-corrected chi connectivity index (χ4v) is 1.86. The summed E-state index contributed by atoms with van der Waals surface area (Å²) in [4.78, 5) is 11.2. The maximum Gasteiger partial charge on any atom is 0.310 e. The van der Waals surface area contributed by atoms with E-state index in [1.54, 1.807) is 0 Å². The van der Waals surface area contributed by atoms with Crippen LogP contribution in [0.3, 0.4) is 0 Å². The van der Waals surface area contributed by atoms with E-state index in [-0.39, 0.29) is 11.4 Å². The molecule has 1 aromatic carbocycles. The highest BCUT2D eigenvalue weighted by Gasteiger charge is 2.20. The summed E-state index contributed by atoms with van der Waals surface area (Å²) < 4.78 is 4.69. The Morgan fingerprint density at radius 2 is 2.00 bits per heavy atom. The average Bonchev–Trinajstić information content (AvgIpc) is 2.30. The molecule has 0 bridgehead atoms. The Bertz CT molecular complexity index is 366. The molecule has 1 aromatic rings. The lowest BCUT2D eigenvalue weighted by atomic mass is 9.80. The van der Waals surface area contributed by atoms with E-state index < -0.39 is 0 Å². The Labute approximate surface area is 103 Å². The first-order chi connectivity index (χ1) is 8.06. The van der Waals surface area contributed by atoms with Gasteiger partial charge in [-0.25, -0.2) is 0 Å². The van der Waals surface area contributed by atoms with Gasteiger partial charge in [0, 0.05) is 6.42 Å². The SMILES string of the molecule is C=COC(=O)CCCC(C)(C)c1ccccc1. The van der Waals surface area contributed by atoms with Gasteiger partial charge in [0.2, 0.25) is 0 Å². The molecule has 0 N–H and O–H groups in total. The summed E-state index contributed by atoms with van der Waals surface area (Å²) in [7, 11) is 0. The second kappa shape index (κ2) is 6.24. The Balaban J connectivity index is 2.45. The van der Waals surface area contributed by atoms with Gasteiger partial charge in [-0.3, -0.25) is 4.79 Å². The molecule has 0 aliphatic heterocycles. The quantitative estimate of drug-likeness (QED) is 0.550. The molecule has 0 spiro atoms. The van der Waals surface area contributed by atoms with Gasteiger partial charge in [-0.1, -0.05) is 50.8 Å². The number of ether oxygens (including phenoxy) is 1. The predicted octanol–water partition coefficient (Wildman–Crippen LogP) is 3.82. The minimum absolute atomic E-state index is 0.0930. The van der Waals surface area contributed by atoms with E-state index in [9.17, 15) is 4.79 Å². The topological polar surface area (TPSA) is 26.3 Å². The van der Waals surface area contributed by atoms with Gasteiger partial charge in [-0.05, 0) is 23.8 Å². The molecule has 0 aromatic heterocycles. The lowest BCUT2D eigenvalue weighted by Crippen LogP contribution is -2.17. The summed E-state index contributed by atoms with van der Waals surface area (Å²) >= 11 is 0. The maximum atomic E-state index is 11.2. The van der Waals surface area contributed by atoms with Gasteiger partial charge in [-0.2, -0.15) is 0 Å². The summed E-state index contributed by atoms with van der Waals surface area (Å²) in [5, 5.41) is 0. The first-order valence-electron chi connectivity index (χ1n) is 5.92. The van der Waals surface area contributed by atoms with Gasteiger partial charge >= 0.3 is 5.97 Å². The molecule has 2 nitrogen and oxygen atoms in total. The predicted molar refractivity (Wildman–Crippen MR) is 69.6 cm³/mol. The van der Waals surface area contributed by atoms with Gasteiger partial charge in [0.25, 0.3) is 0 Å². The molecule has 0 saturated heterocycles. The van der Waals surface area contributed by atoms with Crippen molar-refractivity contribution in [3.05, 3.63) is 48.7 Å². The summed E-state index contributed by atoms with van der Waals surface area (Å²) in [6.45, 7) is 7.75. The van der Waals surface area contributed by atoms with Gasteiger partial charge in [0.15, 0.2) is 0 Å². The van der Waals surface area contributed by atoms with Crippen molar-refractivity contribution in [2.75, 3.05) is 0 Å². The lowest BCUT2D eigenvalue weighted by molar-refractivity contribution is -0.138. The average molecular weight is 232 g/mol. The van der Waals surface area contributed by atoms with Crippen LogP contribution in [0.5, 0.6) is 0 Å². The Morgan fingerprint density at radius 1 is 1.35 bits per heavy atom. The van der Waals surface area contributed by atoms with Crippen LogP contribution < -0.4 is 0 Å². The highest BCUT2D eigenvalue weighted by Crippen LogP contribution is 2.28. The molecule has 1 rings (SSSR count). The van der Waals surface area contributed by atoms with Crippen molar-refractivity contribution >= 4 is 5.97 Å². The third-order valence-electron chi connectivity index (χ3n) is 2.95. The van der Waals surface area contributed by atoms with Crippen LogP contribution in [0.2, 0.25) is 0 Å². The highest BCUT2D eigenvalue weighted by atomic mass is 16.5. The van der Waals surface area contributed by atoms with E-state index in [2.05, 4.69) is 37.3 Å². The van der Waals surface area contributed by atoms with E-state index in [4.69, 9.17) is 0 Å². The third kappa shape index (κ3) is 4.43. The van der Waals surface area contributed by atoms with Crippen molar-refractivity contribution in [3.8, 4) is 0 Å². The summed E-state index contributed by atoms with van der Waals surface area (Å²) in [6, 6.07) is 10.4. The molecular formula is C15H20O2. The van der Waals surface area contributed by atoms with Gasteiger partial charge in [0.1, 0.15) is 0 Å². The van der Waals surface area contributed by atoms with Crippen molar-refractivity contribution < 1.29 is 9.53 Å². The molecule has 0 amide bonds.